The highest BCUT2D eigenvalue weighted by atomic mass is 16.3. The first-order chi connectivity index (χ1) is 8.20. The summed E-state index contributed by atoms with van der Waals surface area (Å²) in [6, 6.07) is 9.40. The molecule has 1 saturated carbocycles. The Labute approximate surface area is 103 Å². The zero-order valence-corrected chi connectivity index (χ0v) is 10.3. The van der Waals surface area contributed by atoms with Crippen LogP contribution < -0.4 is 0 Å². The molecule has 0 bridgehead atoms. The van der Waals surface area contributed by atoms with E-state index in [1.165, 1.54) is 0 Å². The average molecular weight is 232 g/mol. The predicted octanol–water partition coefficient (Wildman–Crippen LogP) is 3.06. The molecule has 1 aliphatic carbocycles. The molecule has 1 aromatic carbocycles. The predicted molar refractivity (Wildman–Crippen MR) is 67.9 cm³/mol. The number of aliphatic hydroxyl groups excluding tert-OH is 1. The molecule has 0 aliphatic heterocycles. The van der Waals surface area contributed by atoms with Crippen LogP contribution in [0.25, 0.3) is 0 Å². The Kier molecular flexibility index (Phi) is 3.95. The standard InChI is InChI=1S/C15H20O2/c1-11(13-9-5-6-10-14(13)16)15(17)12-7-3-2-4-8-12/h2-4,7-8,11,13-14,16H,5-6,9-10H2,1H3/t11?,13-,14+/m0/s1. The number of hydrogen-bond acceptors (Lipinski definition) is 2. The van der Waals surface area contributed by atoms with Gasteiger partial charge in [-0.3, -0.25) is 4.79 Å². The first-order valence-electron chi connectivity index (χ1n) is 6.47. The van der Waals surface area contributed by atoms with Crippen LogP contribution in [-0.4, -0.2) is 17.0 Å². The molecule has 3 atom stereocenters. The van der Waals surface area contributed by atoms with Gasteiger partial charge in [0.15, 0.2) is 5.78 Å². The molecule has 0 aromatic heterocycles. The van der Waals surface area contributed by atoms with E-state index in [4.69, 9.17) is 0 Å². The highest BCUT2D eigenvalue weighted by Gasteiger charge is 2.32. The molecule has 0 amide bonds. The van der Waals surface area contributed by atoms with E-state index in [-0.39, 0.29) is 23.7 Å². The summed E-state index contributed by atoms with van der Waals surface area (Å²) in [7, 11) is 0. The van der Waals surface area contributed by atoms with Crippen LogP contribution in [0, 0.1) is 11.8 Å². The summed E-state index contributed by atoms with van der Waals surface area (Å²) in [4.78, 5) is 12.3. The number of carbonyl (C=O) groups is 1. The van der Waals surface area contributed by atoms with E-state index in [0.29, 0.717) is 0 Å². The second kappa shape index (κ2) is 5.46. The van der Waals surface area contributed by atoms with E-state index in [1.54, 1.807) is 0 Å². The molecule has 1 N–H and O–H groups in total. The number of rotatable bonds is 3. The van der Waals surface area contributed by atoms with Crippen LogP contribution in [0.5, 0.6) is 0 Å². The van der Waals surface area contributed by atoms with Crippen LogP contribution in [-0.2, 0) is 0 Å². The van der Waals surface area contributed by atoms with Gasteiger partial charge in [0, 0.05) is 11.5 Å². The Morgan fingerprint density at radius 3 is 2.53 bits per heavy atom. The van der Waals surface area contributed by atoms with Crippen molar-refractivity contribution in [1.82, 2.24) is 0 Å². The molecule has 92 valence electrons. The SMILES string of the molecule is CC(C(=O)c1ccccc1)[C@@H]1CCCC[C@H]1O. The average Bonchev–Trinajstić information content (AvgIpc) is 2.39. The third-order valence-electron chi connectivity index (χ3n) is 3.90. The minimum Gasteiger partial charge on any atom is -0.393 e. The number of hydrogen-bond donors (Lipinski definition) is 1. The third-order valence-corrected chi connectivity index (χ3v) is 3.90. The fraction of sp³-hybridized carbons (Fsp3) is 0.533. The monoisotopic (exact) mass is 232 g/mol. The number of Topliss-reactive ketones (excluding diaryl/α,β-unsaturated/α-hetero) is 1. The van der Waals surface area contributed by atoms with Crippen molar-refractivity contribution in [2.45, 2.75) is 38.7 Å². The van der Waals surface area contributed by atoms with Gasteiger partial charge in [-0.15, -0.1) is 0 Å². The second-order valence-corrected chi connectivity index (χ2v) is 5.03. The summed E-state index contributed by atoms with van der Waals surface area (Å²) < 4.78 is 0. The van der Waals surface area contributed by atoms with E-state index in [9.17, 15) is 9.90 Å². The lowest BCUT2D eigenvalue weighted by Crippen LogP contribution is -2.33. The van der Waals surface area contributed by atoms with Crippen molar-refractivity contribution in [3.63, 3.8) is 0 Å². The van der Waals surface area contributed by atoms with Crippen LogP contribution in [0.1, 0.15) is 43.0 Å². The Morgan fingerprint density at radius 2 is 1.88 bits per heavy atom. The molecular weight excluding hydrogens is 212 g/mol. The Bertz CT molecular complexity index is 372. The van der Waals surface area contributed by atoms with Crippen molar-refractivity contribution in [3.05, 3.63) is 35.9 Å². The Morgan fingerprint density at radius 1 is 1.24 bits per heavy atom. The van der Waals surface area contributed by atoms with Gasteiger partial charge >= 0.3 is 0 Å². The van der Waals surface area contributed by atoms with Gasteiger partial charge in [0.25, 0.3) is 0 Å². The van der Waals surface area contributed by atoms with Crippen LogP contribution >= 0.6 is 0 Å². The lowest BCUT2D eigenvalue weighted by atomic mass is 9.76. The topological polar surface area (TPSA) is 37.3 Å². The van der Waals surface area contributed by atoms with Gasteiger partial charge in [0.1, 0.15) is 0 Å². The number of benzene rings is 1. The number of aliphatic hydroxyl groups is 1. The largest absolute Gasteiger partial charge is 0.393 e. The maximum atomic E-state index is 12.3. The normalized spacial score (nSPS) is 26.5. The molecule has 1 aliphatic rings. The highest BCUT2D eigenvalue weighted by molar-refractivity contribution is 5.97. The highest BCUT2D eigenvalue weighted by Crippen LogP contribution is 2.32. The van der Waals surface area contributed by atoms with Crippen LogP contribution in [0.15, 0.2) is 30.3 Å². The van der Waals surface area contributed by atoms with Gasteiger partial charge < -0.3 is 5.11 Å². The summed E-state index contributed by atoms with van der Waals surface area (Å²) in [5.41, 5.74) is 0.762. The molecule has 17 heavy (non-hydrogen) atoms. The molecule has 2 heteroatoms. The molecule has 0 radical (unpaired) electrons. The maximum Gasteiger partial charge on any atom is 0.166 e. The van der Waals surface area contributed by atoms with Gasteiger partial charge in [0.05, 0.1) is 6.10 Å². The van der Waals surface area contributed by atoms with Crippen molar-refractivity contribution in [2.75, 3.05) is 0 Å². The van der Waals surface area contributed by atoms with Crippen LogP contribution in [0.4, 0.5) is 0 Å². The van der Waals surface area contributed by atoms with E-state index >= 15 is 0 Å². The van der Waals surface area contributed by atoms with Gasteiger partial charge in [-0.1, -0.05) is 50.1 Å². The molecule has 0 saturated heterocycles. The number of carbonyl (C=O) groups excluding carboxylic acids is 1. The van der Waals surface area contributed by atoms with E-state index < -0.39 is 0 Å². The summed E-state index contributed by atoms with van der Waals surface area (Å²) in [6.07, 6.45) is 3.74. The maximum absolute atomic E-state index is 12.3. The van der Waals surface area contributed by atoms with E-state index in [1.807, 2.05) is 37.3 Å². The summed E-state index contributed by atoms with van der Waals surface area (Å²) in [6.45, 7) is 1.95. The fourth-order valence-corrected chi connectivity index (χ4v) is 2.78. The van der Waals surface area contributed by atoms with Crippen molar-refractivity contribution >= 4 is 5.78 Å². The van der Waals surface area contributed by atoms with Gasteiger partial charge in [0.2, 0.25) is 0 Å². The molecule has 1 unspecified atom stereocenters. The Hall–Kier alpha value is -1.15. The van der Waals surface area contributed by atoms with Crippen molar-refractivity contribution in [1.29, 1.82) is 0 Å². The second-order valence-electron chi connectivity index (χ2n) is 5.03. The summed E-state index contributed by atoms with van der Waals surface area (Å²) >= 11 is 0. The Balaban J connectivity index is 2.09. The molecular formula is C15H20O2. The van der Waals surface area contributed by atoms with Gasteiger partial charge in [-0.05, 0) is 18.8 Å². The molecule has 0 spiro atoms. The lowest BCUT2D eigenvalue weighted by Gasteiger charge is -2.31. The van der Waals surface area contributed by atoms with E-state index in [2.05, 4.69) is 0 Å². The smallest absolute Gasteiger partial charge is 0.166 e. The van der Waals surface area contributed by atoms with Crippen LogP contribution in [0.2, 0.25) is 0 Å². The molecule has 2 nitrogen and oxygen atoms in total. The molecule has 1 aromatic rings. The molecule has 0 heterocycles. The van der Waals surface area contributed by atoms with Gasteiger partial charge in [-0.2, -0.15) is 0 Å². The first-order valence-corrected chi connectivity index (χ1v) is 6.47. The minimum atomic E-state index is -0.300. The van der Waals surface area contributed by atoms with E-state index in [0.717, 1.165) is 31.2 Å². The summed E-state index contributed by atoms with van der Waals surface area (Å²) in [5.74, 6) is 0.223. The van der Waals surface area contributed by atoms with Gasteiger partial charge in [-0.25, -0.2) is 0 Å². The number of ketones is 1. The van der Waals surface area contributed by atoms with Crippen LogP contribution in [0.3, 0.4) is 0 Å². The zero-order valence-electron chi connectivity index (χ0n) is 10.3. The van der Waals surface area contributed by atoms with Crippen molar-refractivity contribution in [3.8, 4) is 0 Å². The van der Waals surface area contributed by atoms with Crippen molar-refractivity contribution < 1.29 is 9.90 Å². The fourth-order valence-electron chi connectivity index (χ4n) is 2.78. The third kappa shape index (κ3) is 2.75. The quantitative estimate of drug-likeness (QED) is 0.813. The minimum absolute atomic E-state index is 0.0762. The molecule has 1 fully saturated rings. The lowest BCUT2D eigenvalue weighted by molar-refractivity contribution is 0.0374. The first kappa shape index (κ1) is 12.3. The zero-order chi connectivity index (χ0) is 12.3. The molecule has 2 rings (SSSR count). The van der Waals surface area contributed by atoms with Crippen molar-refractivity contribution in [2.24, 2.45) is 11.8 Å². The summed E-state index contributed by atoms with van der Waals surface area (Å²) in [5, 5.41) is 9.98.